The lowest BCUT2D eigenvalue weighted by atomic mass is 10.2. The van der Waals surface area contributed by atoms with Crippen LogP contribution in [0.3, 0.4) is 0 Å². The van der Waals surface area contributed by atoms with Gasteiger partial charge in [0.15, 0.2) is 12.1 Å². The van der Waals surface area contributed by atoms with E-state index in [9.17, 15) is 20.0 Å². The van der Waals surface area contributed by atoms with E-state index in [1.165, 1.54) is 18.2 Å². The summed E-state index contributed by atoms with van der Waals surface area (Å²) in [6, 6.07) is 3.71. The van der Waals surface area contributed by atoms with E-state index in [-0.39, 0.29) is 11.4 Å². The fourth-order valence-corrected chi connectivity index (χ4v) is 1.50. The maximum absolute atomic E-state index is 11.8. The van der Waals surface area contributed by atoms with Crippen LogP contribution in [0.25, 0.3) is 0 Å². The molecule has 98 valence electrons. The number of carbonyl (C=O) groups is 1. The van der Waals surface area contributed by atoms with Gasteiger partial charge in [0.05, 0.1) is 10.6 Å². The van der Waals surface area contributed by atoms with Gasteiger partial charge in [-0.1, -0.05) is 6.07 Å². The van der Waals surface area contributed by atoms with Crippen LogP contribution in [0.1, 0.15) is 16.2 Å². The van der Waals surface area contributed by atoms with Gasteiger partial charge in [-0.25, -0.2) is 4.98 Å². The first-order chi connectivity index (χ1) is 9.00. The number of phenols is 1. The highest BCUT2D eigenvalue weighted by molar-refractivity contribution is 6.05. The fraction of sp³-hybridized carbons (Fsp3) is 0.0909. The second kappa shape index (κ2) is 4.77. The number of hydrogen-bond acceptors (Lipinski definition) is 6. The van der Waals surface area contributed by atoms with Crippen LogP contribution in [0, 0.1) is 17.0 Å². The van der Waals surface area contributed by atoms with Crippen molar-refractivity contribution in [2.45, 2.75) is 6.92 Å². The zero-order valence-corrected chi connectivity index (χ0v) is 9.78. The van der Waals surface area contributed by atoms with Gasteiger partial charge in [0.25, 0.3) is 11.6 Å². The Morgan fingerprint density at radius 3 is 2.84 bits per heavy atom. The molecular weight excluding hydrogens is 254 g/mol. The highest BCUT2D eigenvalue weighted by atomic mass is 16.6. The summed E-state index contributed by atoms with van der Waals surface area (Å²) < 4.78 is 4.86. The largest absolute Gasteiger partial charge is 0.505 e. The zero-order chi connectivity index (χ0) is 14.0. The van der Waals surface area contributed by atoms with Gasteiger partial charge in [0, 0.05) is 6.07 Å². The van der Waals surface area contributed by atoms with Gasteiger partial charge in [-0.05, 0) is 13.0 Å². The normalized spacial score (nSPS) is 10.2. The monoisotopic (exact) mass is 263 g/mol. The maximum Gasteiger partial charge on any atom is 0.296 e. The van der Waals surface area contributed by atoms with Crippen molar-refractivity contribution in [2.75, 3.05) is 5.32 Å². The Morgan fingerprint density at radius 2 is 2.26 bits per heavy atom. The smallest absolute Gasteiger partial charge is 0.296 e. The van der Waals surface area contributed by atoms with Gasteiger partial charge in [-0.15, -0.1) is 0 Å². The number of para-hydroxylation sites is 1. The Kier molecular flexibility index (Phi) is 3.15. The third kappa shape index (κ3) is 2.37. The van der Waals surface area contributed by atoms with E-state index in [4.69, 9.17) is 4.42 Å². The number of hydrogen-bond donors (Lipinski definition) is 2. The molecule has 0 aliphatic carbocycles. The van der Waals surface area contributed by atoms with Crippen LogP contribution >= 0.6 is 0 Å². The number of nitro groups is 1. The molecule has 19 heavy (non-hydrogen) atoms. The van der Waals surface area contributed by atoms with E-state index in [2.05, 4.69) is 10.3 Å². The first kappa shape index (κ1) is 12.6. The number of phenolic OH excluding ortho intramolecular Hbond substituents is 1. The van der Waals surface area contributed by atoms with E-state index in [1.54, 1.807) is 6.92 Å². The van der Waals surface area contributed by atoms with E-state index in [0.29, 0.717) is 5.69 Å². The number of amides is 1. The summed E-state index contributed by atoms with van der Waals surface area (Å²) in [6.45, 7) is 1.55. The number of aromatic hydroxyl groups is 1. The molecule has 0 fully saturated rings. The van der Waals surface area contributed by atoms with Crippen molar-refractivity contribution in [3.63, 3.8) is 0 Å². The van der Waals surface area contributed by atoms with Gasteiger partial charge in [-0.3, -0.25) is 14.9 Å². The first-order valence-corrected chi connectivity index (χ1v) is 5.18. The number of aromatic nitrogens is 1. The lowest BCUT2D eigenvalue weighted by Crippen LogP contribution is -2.13. The molecule has 1 heterocycles. The summed E-state index contributed by atoms with van der Waals surface area (Å²) in [5.41, 5.74) is -0.352. The van der Waals surface area contributed by atoms with Crippen molar-refractivity contribution in [1.82, 2.24) is 4.98 Å². The van der Waals surface area contributed by atoms with Crippen LogP contribution < -0.4 is 5.32 Å². The van der Waals surface area contributed by atoms with E-state index in [0.717, 1.165) is 6.39 Å². The number of rotatable bonds is 3. The van der Waals surface area contributed by atoms with Crippen molar-refractivity contribution in [2.24, 2.45) is 0 Å². The fourth-order valence-electron chi connectivity index (χ4n) is 1.50. The predicted molar refractivity (Wildman–Crippen MR) is 64.0 cm³/mol. The second-order valence-corrected chi connectivity index (χ2v) is 3.65. The van der Waals surface area contributed by atoms with Crippen molar-refractivity contribution in [3.8, 4) is 5.75 Å². The van der Waals surface area contributed by atoms with Gasteiger partial charge in [0.2, 0.25) is 5.76 Å². The molecule has 1 aromatic heterocycles. The van der Waals surface area contributed by atoms with E-state index in [1.807, 2.05) is 0 Å². The Hall–Kier alpha value is -2.90. The SMILES string of the molecule is Cc1ncoc1C(=O)Nc1c(O)cccc1[N+](=O)[O-]. The third-order valence-corrected chi connectivity index (χ3v) is 2.41. The van der Waals surface area contributed by atoms with Crippen molar-refractivity contribution in [3.05, 3.63) is 46.2 Å². The number of aryl methyl sites for hydroxylation is 1. The lowest BCUT2D eigenvalue weighted by molar-refractivity contribution is -0.384. The molecule has 1 aromatic carbocycles. The average molecular weight is 263 g/mol. The van der Waals surface area contributed by atoms with Crippen LogP contribution in [0.5, 0.6) is 5.75 Å². The van der Waals surface area contributed by atoms with Gasteiger partial charge in [0.1, 0.15) is 5.75 Å². The minimum Gasteiger partial charge on any atom is -0.505 e. The summed E-state index contributed by atoms with van der Waals surface area (Å²) in [6.07, 6.45) is 1.09. The minimum absolute atomic E-state index is 0.0717. The first-order valence-electron chi connectivity index (χ1n) is 5.18. The van der Waals surface area contributed by atoms with Crippen molar-refractivity contribution < 1.29 is 19.2 Å². The predicted octanol–water partition coefficient (Wildman–Crippen LogP) is 1.85. The highest BCUT2D eigenvalue weighted by Crippen LogP contribution is 2.33. The van der Waals surface area contributed by atoms with Crippen molar-refractivity contribution in [1.29, 1.82) is 0 Å². The summed E-state index contributed by atoms with van der Waals surface area (Å²) in [4.78, 5) is 25.7. The molecule has 8 heteroatoms. The maximum atomic E-state index is 11.8. The number of nitrogens with zero attached hydrogens (tertiary/aromatic N) is 2. The Morgan fingerprint density at radius 1 is 1.53 bits per heavy atom. The number of carbonyl (C=O) groups excluding carboxylic acids is 1. The van der Waals surface area contributed by atoms with E-state index < -0.39 is 22.3 Å². The summed E-state index contributed by atoms with van der Waals surface area (Å²) in [7, 11) is 0. The summed E-state index contributed by atoms with van der Waals surface area (Å²) in [5, 5.41) is 22.6. The number of oxazole rings is 1. The highest BCUT2D eigenvalue weighted by Gasteiger charge is 2.22. The van der Waals surface area contributed by atoms with Crippen LogP contribution in [-0.4, -0.2) is 20.9 Å². The molecule has 2 rings (SSSR count). The number of nitrogens with one attached hydrogen (secondary N) is 1. The molecule has 0 unspecified atom stereocenters. The van der Waals surface area contributed by atoms with Crippen LogP contribution in [0.4, 0.5) is 11.4 Å². The molecule has 0 aliphatic rings. The zero-order valence-electron chi connectivity index (χ0n) is 9.78. The van der Waals surface area contributed by atoms with E-state index >= 15 is 0 Å². The molecule has 0 saturated carbocycles. The average Bonchev–Trinajstić information content (AvgIpc) is 2.77. The molecule has 0 saturated heterocycles. The molecule has 2 aromatic rings. The Balaban J connectivity index is 2.36. The van der Waals surface area contributed by atoms with Crippen LogP contribution in [0.2, 0.25) is 0 Å². The summed E-state index contributed by atoms with van der Waals surface area (Å²) >= 11 is 0. The third-order valence-electron chi connectivity index (χ3n) is 2.41. The summed E-state index contributed by atoms with van der Waals surface area (Å²) in [5.74, 6) is -1.20. The topological polar surface area (TPSA) is 118 Å². The standard InChI is InChI=1S/C11H9N3O5/c1-6-10(19-5-12-6)11(16)13-9-7(14(17)18)3-2-4-8(9)15/h2-5,15H,1H3,(H,13,16). The van der Waals surface area contributed by atoms with Crippen molar-refractivity contribution >= 4 is 17.3 Å². The van der Waals surface area contributed by atoms with Gasteiger partial charge < -0.3 is 14.8 Å². The molecule has 8 nitrogen and oxygen atoms in total. The second-order valence-electron chi connectivity index (χ2n) is 3.65. The Labute approximate surface area is 106 Å². The number of benzene rings is 1. The number of anilines is 1. The Bertz CT molecular complexity index is 650. The molecule has 0 spiro atoms. The molecule has 0 atom stereocenters. The lowest BCUT2D eigenvalue weighted by Gasteiger charge is -2.06. The molecule has 2 N–H and O–H groups in total. The molecule has 0 bridgehead atoms. The van der Waals surface area contributed by atoms with Crippen LogP contribution in [-0.2, 0) is 0 Å². The molecule has 0 aliphatic heterocycles. The molecular formula is C11H9N3O5. The van der Waals surface area contributed by atoms with Crippen LogP contribution in [0.15, 0.2) is 29.0 Å². The quantitative estimate of drug-likeness (QED) is 0.495. The minimum atomic E-state index is -0.723. The molecule has 0 radical (unpaired) electrons. The van der Waals surface area contributed by atoms with Gasteiger partial charge >= 0.3 is 0 Å². The molecule has 1 amide bonds. The number of nitro benzene ring substituents is 1. The van der Waals surface area contributed by atoms with Gasteiger partial charge in [-0.2, -0.15) is 0 Å².